The van der Waals surface area contributed by atoms with Gasteiger partial charge in [0.05, 0.1) is 16.0 Å². The Balaban J connectivity index is 2.38. The predicted octanol–water partition coefficient (Wildman–Crippen LogP) is 2.86. The van der Waals surface area contributed by atoms with Crippen LogP contribution in [0.5, 0.6) is 0 Å². The van der Waals surface area contributed by atoms with Gasteiger partial charge in [0.25, 0.3) is 5.91 Å². The normalized spacial score (nSPS) is 22.1. The molecule has 0 aromatic heterocycles. The second-order valence-electron chi connectivity index (χ2n) is 4.36. The number of carboxylic acid groups (broad SMARTS) is 1. The van der Waals surface area contributed by atoms with Crippen LogP contribution in [-0.2, 0) is 4.79 Å². The molecule has 0 aliphatic carbocycles. The SMILES string of the molecule is CCC1SCC(C(=O)O)N1C(=O)c1cccc(F)c1Cl. The van der Waals surface area contributed by atoms with Crippen molar-refractivity contribution in [3.8, 4) is 0 Å². The van der Waals surface area contributed by atoms with E-state index in [9.17, 15) is 19.1 Å². The topological polar surface area (TPSA) is 57.6 Å². The summed E-state index contributed by atoms with van der Waals surface area (Å²) >= 11 is 7.22. The van der Waals surface area contributed by atoms with Crippen molar-refractivity contribution in [3.63, 3.8) is 0 Å². The number of halogens is 2. The van der Waals surface area contributed by atoms with Gasteiger partial charge in [0.15, 0.2) is 0 Å². The van der Waals surface area contributed by atoms with E-state index >= 15 is 0 Å². The third-order valence-corrected chi connectivity index (χ3v) is 4.98. The van der Waals surface area contributed by atoms with Gasteiger partial charge in [0.2, 0.25) is 0 Å². The van der Waals surface area contributed by atoms with E-state index in [4.69, 9.17) is 11.6 Å². The van der Waals surface area contributed by atoms with Crippen LogP contribution >= 0.6 is 23.4 Å². The highest BCUT2D eigenvalue weighted by molar-refractivity contribution is 8.00. The van der Waals surface area contributed by atoms with E-state index in [2.05, 4.69) is 0 Å². The van der Waals surface area contributed by atoms with Gasteiger partial charge in [0, 0.05) is 5.75 Å². The molecular weight excluding hydrogens is 305 g/mol. The van der Waals surface area contributed by atoms with Crippen LogP contribution in [0.1, 0.15) is 23.7 Å². The number of amides is 1. The molecule has 1 saturated heterocycles. The molecule has 20 heavy (non-hydrogen) atoms. The number of hydrogen-bond donors (Lipinski definition) is 1. The van der Waals surface area contributed by atoms with Crippen LogP contribution < -0.4 is 0 Å². The minimum absolute atomic E-state index is 0.00105. The summed E-state index contributed by atoms with van der Waals surface area (Å²) in [5.74, 6) is -1.97. The highest BCUT2D eigenvalue weighted by Gasteiger charge is 2.41. The summed E-state index contributed by atoms with van der Waals surface area (Å²) in [4.78, 5) is 25.0. The Bertz CT molecular complexity index is 554. The monoisotopic (exact) mass is 317 g/mol. The number of aliphatic carboxylic acids is 1. The first-order chi connectivity index (χ1) is 9.47. The summed E-state index contributed by atoms with van der Waals surface area (Å²) < 4.78 is 13.4. The van der Waals surface area contributed by atoms with Crippen LogP contribution in [0.4, 0.5) is 4.39 Å². The van der Waals surface area contributed by atoms with Crippen molar-refractivity contribution < 1.29 is 19.1 Å². The molecule has 2 rings (SSSR count). The van der Waals surface area contributed by atoms with E-state index in [0.29, 0.717) is 12.2 Å². The van der Waals surface area contributed by atoms with E-state index < -0.39 is 23.7 Å². The van der Waals surface area contributed by atoms with Gasteiger partial charge in [-0.3, -0.25) is 4.79 Å². The number of carboxylic acids is 1. The average molecular weight is 318 g/mol. The molecule has 1 aromatic rings. The highest BCUT2D eigenvalue weighted by Crippen LogP contribution is 2.34. The summed E-state index contributed by atoms with van der Waals surface area (Å²) in [6.07, 6.45) is 0.618. The molecule has 1 aromatic carbocycles. The molecule has 2 atom stereocenters. The zero-order valence-corrected chi connectivity index (χ0v) is 12.2. The first kappa shape index (κ1) is 15.1. The van der Waals surface area contributed by atoms with Crippen LogP contribution in [0.15, 0.2) is 18.2 Å². The second-order valence-corrected chi connectivity index (χ2v) is 5.95. The third-order valence-electron chi connectivity index (χ3n) is 3.14. The fourth-order valence-electron chi connectivity index (χ4n) is 2.15. The van der Waals surface area contributed by atoms with Crippen LogP contribution in [0.3, 0.4) is 0 Å². The van der Waals surface area contributed by atoms with Gasteiger partial charge in [-0.1, -0.05) is 24.6 Å². The van der Waals surface area contributed by atoms with E-state index in [1.165, 1.54) is 28.8 Å². The third kappa shape index (κ3) is 2.62. The van der Waals surface area contributed by atoms with Crippen molar-refractivity contribution in [2.45, 2.75) is 24.8 Å². The maximum absolute atomic E-state index is 13.4. The molecule has 1 N–H and O–H groups in total. The molecule has 1 amide bonds. The zero-order valence-electron chi connectivity index (χ0n) is 10.7. The molecule has 0 saturated carbocycles. The lowest BCUT2D eigenvalue weighted by molar-refractivity contribution is -0.141. The van der Waals surface area contributed by atoms with E-state index in [0.717, 1.165) is 6.07 Å². The number of hydrogen-bond acceptors (Lipinski definition) is 3. The van der Waals surface area contributed by atoms with E-state index in [1.807, 2.05) is 6.92 Å². The predicted molar refractivity (Wildman–Crippen MR) is 75.5 cm³/mol. The summed E-state index contributed by atoms with van der Waals surface area (Å²) in [5.41, 5.74) is -0.00105. The number of benzene rings is 1. The lowest BCUT2D eigenvalue weighted by Gasteiger charge is -2.27. The number of carbonyl (C=O) groups excluding carboxylic acids is 1. The molecule has 1 aliphatic rings. The molecule has 2 unspecified atom stereocenters. The maximum atomic E-state index is 13.4. The number of nitrogens with zero attached hydrogens (tertiary/aromatic N) is 1. The summed E-state index contributed by atoms with van der Waals surface area (Å²) in [6, 6.07) is 3.04. The van der Waals surface area contributed by atoms with Gasteiger partial charge in [0.1, 0.15) is 11.9 Å². The number of thioether (sulfide) groups is 1. The Morgan fingerprint density at radius 1 is 1.55 bits per heavy atom. The fraction of sp³-hybridized carbons (Fsp3) is 0.385. The summed E-state index contributed by atoms with van der Waals surface area (Å²) in [7, 11) is 0. The molecular formula is C13H13ClFNO3S. The highest BCUT2D eigenvalue weighted by atomic mass is 35.5. The first-order valence-electron chi connectivity index (χ1n) is 6.08. The molecule has 4 nitrogen and oxygen atoms in total. The summed E-state index contributed by atoms with van der Waals surface area (Å²) in [6.45, 7) is 1.87. The maximum Gasteiger partial charge on any atom is 0.327 e. The molecule has 1 fully saturated rings. The lowest BCUT2D eigenvalue weighted by atomic mass is 10.1. The first-order valence-corrected chi connectivity index (χ1v) is 7.51. The van der Waals surface area contributed by atoms with Gasteiger partial charge in [-0.05, 0) is 18.6 Å². The Kier molecular flexibility index (Phi) is 4.55. The fourth-order valence-corrected chi connectivity index (χ4v) is 3.70. The van der Waals surface area contributed by atoms with Crippen LogP contribution in [0, 0.1) is 5.82 Å². The Morgan fingerprint density at radius 2 is 2.25 bits per heavy atom. The minimum Gasteiger partial charge on any atom is -0.480 e. The van der Waals surface area contributed by atoms with Crippen molar-refractivity contribution in [1.82, 2.24) is 4.90 Å². The van der Waals surface area contributed by atoms with E-state index in [1.54, 1.807) is 0 Å². The van der Waals surface area contributed by atoms with Crippen LogP contribution in [-0.4, -0.2) is 39.1 Å². The molecule has 108 valence electrons. The molecule has 0 spiro atoms. The van der Waals surface area contributed by atoms with Crippen molar-refractivity contribution >= 4 is 35.2 Å². The van der Waals surface area contributed by atoms with Crippen molar-refractivity contribution in [3.05, 3.63) is 34.6 Å². The molecule has 0 radical (unpaired) electrons. The Hall–Kier alpha value is -1.27. The number of rotatable bonds is 3. The summed E-state index contributed by atoms with van der Waals surface area (Å²) in [5, 5.41) is 8.70. The molecule has 1 aliphatic heterocycles. The number of carbonyl (C=O) groups is 2. The van der Waals surface area contributed by atoms with Gasteiger partial charge < -0.3 is 10.0 Å². The molecule has 1 heterocycles. The van der Waals surface area contributed by atoms with Crippen LogP contribution in [0.25, 0.3) is 0 Å². The second kappa shape index (κ2) is 6.01. The molecule has 0 bridgehead atoms. The average Bonchev–Trinajstić information content (AvgIpc) is 2.85. The van der Waals surface area contributed by atoms with Gasteiger partial charge in [-0.2, -0.15) is 0 Å². The minimum atomic E-state index is -1.06. The van der Waals surface area contributed by atoms with Crippen molar-refractivity contribution in [2.75, 3.05) is 5.75 Å². The van der Waals surface area contributed by atoms with Gasteiger partial charge >= 0.3 is 5.97 Å². The Labute approximate surface area is 124 Å². The van der Waals surface area contributed by atoms with Gasteiger partial charge in [-0.15, -0.1) is 11.8 Å². The van der Waals surface area contributed by atoms with Crippen molar-refractivity contribution in [1.29, 1.82) is 0 Å². The molecule has 7 heteroatoms. The van der Waals surface area contributed by atoms with Gasteiger partial charge in [-0.25, -0.2) is 9.18 Å². The van der Waals surface area contributed by atoms with Crippen molar-refractivity contribution in [2.24, 2.45) is 0 Å². The van der Waals surface area contributed by atoms with E-state index in [-0.39, 0.29) is 16.0 Å². The smallest absolute Gasteiger partial charge is 0.327 e. The largest absolute Gasteiger partial charge is 0.480 e. The quantitative estimate of drug-likeness (QED) is 0.931. The zero-order chi connectivity index (χ0) is 14.9. The Morgan fingerprint density at radius 3 is 2.85 bits per heavy atom. The lowest BCUT2D eigenvalue weighted by Crippen LogP contribution is -2.45. The van der Waals surface area contributed by atoms with Crippen LogP contribution in [0.2, 0.25) is 5.02 Å². The standard InChI is InChI=1S/C13H13ClFNO3S/c1-2-10-16(9(6-20-10)13(18)19)12(17)7-4-3-5-8(15)11(7)14/h3-5,9-10H,2,6H2,1H3,(H,18,19).